The molecule has 6 heteroatoms. The number of nitrogens with one attached hydrogen (secondary N) is 1. The molecule has 0 unspecified atom stereocenters. The summed E-state index contributed by atoms with van der Waals surface area (Å²) in [6.07, 6.45) is 2.98. The lowest BCUT2D eigenvalue weighted by atomic mass is 9.78. The zero-order valence-corrected chi connectivity index (χ0v) is 13.5. The van der Waals surface area contributed by atoms with Crippen LogP contribution in [0.25, 0.3) is 0 Å². The minimum absolute atomic E-state index is 0.188. The summed E-state index contributed by atoms with van der Waals surface area (Å²) < 4.78 is 10.4. The molecule has 2 rings (SSSR count). The molecule has 0 radical (unpaired) electrons. The van der Waals surface area contributed by atoms with Crippen LogP contribution in [-0.4, -0.2) is 31.2 Å². The normalized spacial score (nSPS) is 20.6. The smallest absolute Gasteiger partial charge is 0.307 e. The summed E-state index contributed by atoms with van der Waals surface area (Å²) in [5.74, 6) is -0.862. The van der Waals surface area contributed by atoms with Crippen molar-refractivity contribution in [2.45, 2.75) is 32.2 Å². The molecule has 0 saturated heterocycles. The van der Waals surface area contributed by atoms with Gasteiger partial charge in [0.15, 0.2) is 11.5 Å². The Hall–Kier alpha value is -2.24. The molecule has 1 saturated carbocycles. The van der Waals surface area contributed by atoms with Crippen molar-refractivity contribution in [3.63, 3.8) is 0 Å². The van der Waals surface area contributed by atoms with Crippen molar-refractivity contribution < 1.29 is 24.2 Å². The van der Waals surface area contributed by atoms with E-state index in [4.69, 9.17) is 9.47 Å². The summed E-state index contributed by atoms with van der Waals surface area (Å²) in [5.41, 5.74) is 0.874. The fourth-order valence-corrected chi connectivity index (χ4v) is 3.05. The molecule has 0 spiro atoms. The van der Waals surface area contributed by atoms with E-state index in [-0.39, 0.29) is 5.91 Å². The lowest BCUT2D eigenvalue weighted by molar-refractivity contribution is -0.148. The quantitative estimate of drug-likeness (QED) is 0.839. The van der Waals surface area contributed by atoms with Gasteiger partial charge < -0.3 is 19.9 Å². The highest BCUT2D eigenvalue weighted by Gasteiger charge is 2.35. The molecule has 1 aliphatic rings. The second kappa shape index (κ2) is 7.85. The molecule has 1 amide bonds. The Morgan fingerprint density at radius 1 is 1.13 bits per heavy atom. The molecule has 0 heterocycles. The predicted molar refractivity (Wildman–Crippen MR) is 84.5 cm³/mol. The predicted octanol–water partition coefficient (Wildman–Crippen LogP) is 2.21. The molecule has 23 heavy (non-hydrogen) atoms. The van der Waals surface area contributed by atoms with Crippen LogP contribution >= 0.6 is 0 Å². The van der Waals surface area contributed by atoms with Crippen molar-refractivity contribution in [2.24, 2.45) is 11.8 Å². The second-order valence-corrected chi connectivity index (χ2v) is 5.74. The van der Waals surface area contributed by atoms with Gasteiger partial charge in [-0.25, -0.2) is 0 Å². The van der Waals surface area contributed by atoms with Gasteiger partial charge in [-0.05, 0) is 30.5 Å². The monoisotopic (exact) mass is 321 g/mol. The van der Waals surface area contributed by atoms with Crippen LogP contribution in [0.15, 0.2) is 18.2 Å². The molecule has 0 aliphatic heterocycles. The summed E-state index contributed by atoms with van der Waals surface area (Å²) >= 11 is 0. The highest BCUT2D eigenvalue weighted by molar-refractivity contribution is 5.84. The number of carbonyl (C=O) groups excluding carboxylic acids is 1. The van der Waals surface area contributed by atoms with Crippen molar-refractivity contribution >= 4 is 11.9 Å². The van der Waals surface area contributed by atoms with E-state index in [9.17, 15) is 14.7 Å². The van der Waals surface area contributed by atoms with Crippen molar-refractivity contribution in [3.8, 4) is 11.5 Å². The first-order valence-electron chi connectivity index (χ1n) is 7.78. The van der Waals surface area contributed by atoms with Gasteiger partial charge in [0.25, 0.3) is 0 Å². The van der Waals surface area contributed by atoms with Crippen molar-refractivity contribution in [3.05, 3.63) is 23.8 Å². The fourth-order valence-electron chi connectivity index (χ4n) is 3.05. The number of hydrogen-bond acceptors (Lipinski definition) is 4. The van der Waals surface area contributed by atoms with E-state index in [1.807, 2.05) is 6.07 Å². The highest BCUT2D eigenvalue weighted by Crippen LogP contribution is 2.31. The Kier molecular flexibility index (Phi) is 5.84. The van der Waals surface area contributed by atoms with Crippen LogP contribution in [0.1, 0.15) is 31.2 Å². The van der Waals surface area contributed by atoms with Crippen LogP contribution in [0.4, 0.5) is 0 Å². The summed E-state index contributed by atoms with van der Waals surface area (Å²) in [6, 6.07) is 5.42. The molecule has 1 aromatic rings. The molecular formula is C17H23NO5. The Balaban J connectivity index is 1.99. The van der Waals surface area contributed by atoms with E-state index in [0.717, 1.165) is 18.4 Å². The molecule has 6 nitrogen and oxygen atoms in total. The first kappa shape index (κ1) is 17.1. The van der Waals surface area contributed by atoms with Gasteiger partial charge in [0.05, 0.1) is 26.1 Å². The zero-order valence-electron chi connectivity index (χ0n) is 13.5. The van der Waals surface area contributed by atoms with E-state index < -0.39 is 17.8 Å². The Labute approximate surface area is 135 Å². The minimum atomic E-state index is -0.879. The van der Waals surface area contributed by atoms with E-state index >= 15 is 0 Å². The first-order chi connectivity index (χ1) is 11.1. The third-order valence-electron chi connectivity index (χ3n) is 4.33. The number of ether oxygens (including phenoxy) is 2. The van der Waals surface area contributed by atoms with Crippen molar-refractivity contribution in [1.82, 2.24) is 5.32 Å². The lowest BCUT2D eigenvalue weighted by Crippen LogP contribution is -2.39. The average molecular weight is 321 g/mol. The average Bonchev–Trinajstić information content (AvgIpc) is 2.59. The largest absolute Gasteiger partial charge is 0.493 e. The van der Waals surface area contributed by atoms with E-state index in [2.05, 4.69) is 5.32 Å². The third kappa shape index (κ3) is 4.15. The number of carboxylic acids is 1. The summed E-state index contributed by atoms with van der Waals surface area (Å²) in [7, 11) is 3.12. The van der Waals surface area contributed by atoms with Gasteiger partial charge in [-0.1, -0.05) is 18.9 Å². The van der Waals surface area contributed by atoms with E-state index in [1.165, 1.54) is 0 Å². The Morgan fingerprint density at radius 2 is 1.78 bits per heavy atom. The number of amides is 1. The number of carbonyl (C=O) groups is 2. The second-order valence-electron chi connectivity index (χ2n) is 5.74. The van der Waals surface area contributed by atoms with Crippen LogP contribution in [0.2, 0.25) is 0 Å². The first-order valence-corrected chi connectivity index (χ1v) is 7.78. The third-order valence-corrected chi connectivity index (χ3v) is 4.33. The summed E-state index contributed by atoms with van der Waals surface area (Å²) in [6.45, 7) is 0.335. The van der Waals surface area contributed by atoms with Crippen LogP contribution in [0, 0.1) is 11.8 Å². The molecule has 1 aliphatic carbocycles. The van der Waals surface area contributed by atoms with Gasteiger partial charge in [0, 0.05) is 6.54 Å². The van der Waals surface area contributed by atoms with Gasteiger partial charge in [-0.3, -0.25) is 9.59 Å². The zero-order chi connectivity index (χ0) is 16.8. The summed E-state index contributed by atoms with van der Waals surface area (Å²) in [5, 5.41) is 12.1. The topological polar surface area (TPSA) is 84.9 Å². The van der Waals surface area contributed by atoms with Gasteiger partial charge in [-0.2, -0.15) is 0 Å². The molecule has 0 bridgehead atoms. The van der Waals surface area contributed by atoms with Crippen molar-refractivity contribution in [1.29, 1.82) is 0 Å². The fraction of sp³-hybridized carbons (Fsp3) is 0.529. The molecular weight excluding hydrogens is 298 g/mol. The standard InChI is InChI=1S/C17H23NO5/c1-22-14-8-7-11(9-15(14)23-2)10-18-16(19)12-5-3-4-6-13(12)17(20)21/h7-9,12-13H,3-6,10H2,1-2H3,(H,18,19)(H,20,21)/t12-,13+/m0/s1. The SMILES string of the molecule is COc1ccc(CNC(=O)[C@H]2CCCC[C@H]2C(=O)O)cc1OC. The number of carboxylic acid groups (broad SMARTS) is 1. The number of hydrogen-bond donors (Lipinski definition) is 2. The number of benzene rings is 1. The molecule has 0 aromatic heterocycles. The molecule has 126 valence electrons. The molecule has 2 atom stereocenters. The summed E-state index contributed by atoms with van der Waals surface area (Å²) in [4.78, 5) is 23.6. The maximum absolute atomic E-state index is 12.3. The number of rotatable bonds is 6. The maximum Gasteiger partial charge on any atom is 0.307 e. The maximum atomic E-state index is 12.3. The van der Waals surface area contributed by atoms with Gasteiger partial charge in [0.2, 0.25) is 5.91 Å². The van der Waals surface area contributed by atoms with E-state index in [0.29, 0.717) is 30.9 Å². The van der Waals surface area contributed by atoms with Crippen LogP contribution in [0.3, 0.4) is 0 Å². The minimum Gasteiger partial charge on any atom is -0.493 e. The number of methoxy groups -OCH3 is 2. The Bertz CT molecular complexity index is 572. The lowest BCUT2D eigenvalue weighted by Gasteiger charge is -2.27. The molecule has 2 N–H and O–H groups in total. The van der Waals surface area contributed by atoms with Crippen molar-refractivity contribution in [2.75, 3.05) is 14.2 Å². The highest BCUT2D eigenvalue weighted by atomic mass is 16.5. The van der Waals surface area contributed by atoms with E-state index in [1.54, 1.807) is 26.4 Å². The van der Waals surface area contributed by atoms with Crippen LogP contribution in [0.5, 0.6) is 11.5 Å². The Morgan fingerprint density at radius 3 is 2.39 bits per heavy atom. The van der Waals surface area contributed by atoms with Crippen LogP contribution in [-0.2, 0) is 16.1 Å². The van der Waals surface area contributed by atoms with Gasteiger partial charge in [-0.15, -0.1) is 0 Å². The van der Waals surface area contributed by atoms with Gasteiger partial charge >= 0.3 is 5.97 Å². The number of aliphatic carboxylic acids is 1. The molecule has 1 fully saturated rings. The van der Waals surface area contributed by atoms with Gasteiger partial charge in [0.1, 0.15) is 0 Å². The van der Waals surface area contributed by atoms with Crippen LogP contribution < -0.4 is 14.8 Å². The molecule has 1 aromatic carbocycles.